The third kappa shape index (κ3) is 11.1. The quantitative estimate of drug-likeness (QED) is 0.101. The van der Waals surface area contributed by atoms with Crippen molar-refractivity contribution in [1.82, 2.24) is 0 Å². The summed E-state index contributed by atoms with van der Waals surface area (Å²) in [5.41, 5.74) is 22.4. The lowest BCUT2D eigenvalue weighted by molar-refractivity contribution is 0.112. The summed E-state index contributed by atoms with van der Waals surface area (Å²) >= 11 is 17.2. The first-order valence-corrected chi connectivity index (χ1v) is 27.9. The fourth-order valence-electron chi connectivity index (χ4n) is 10.7. The molecule has 12 rings (SSSR count). The number of hydrogen-bond donors (Lipinski definition) is 0. The topological polar surface area (TPSA) is 32.8 Å². The van der Waals surface area contributed by atoms with Crippen molar-refractivity contribution in [1.29, 1.82) is 0 Å². The van der Waals surface area contributed by atoms with Gasteiger partial charge in [-0.3, -0.25) is 4.79 Å². The summed E-state index contributed by atoms with van der Waals surface area (Å²) in [5, 5.41) is -0.671. The van der Waals surface area contributed by atoms with Gasteiger partial charge in [-0.25, -0.2) is 0 Å². The number of halogens is 4. The van der Waals surface area contributed by atoms with Crippen LogP contribution in [-0.2, 0) is 15.6 Å². The molecule has 0 spiro atoms. The van der Waals surface area contributed by atoms with E-state index in [9.17, 15) is 4.79 Å². The second kappa shape index (κ2) is 22.9. The SMILES string of the molecule is CC1(C)c2cc(C=O)ccc2-c2ccc(N(c3ccc(Br)cc3)c3ccc(-c4ccccc4)cc3)cc21.CC1(C)c2ccccc2-c2ccc(N(c3ccc(Br)cc3)c3ccc(-c4ccccc4)cc3)cc21.COC(Cl)Cl. The largest absolute Gasteiger partial charge is 0.352 e. The molecule has 2 aliphatic rings. The van der Waals surface area contributed by atoms with E-state index in [1.54, 1.807) is 0 Å². The molecule has 0 unspecified atom stereocenters. The number of methoxy groups -OCH3 is 1. The third-order valence-corrected chi connectivity index (χ3v) is 16.1. The monoisotopic (exact) mass is 1170 g/mol. The molecule has 0 atom stereocenters. The average Bonchev–Trinajstić information content (AvgIpc) is 4.10. The number of ether oxygens (including phenoxy) is 1. The van der Waals surface area contributed by atoms with Gasteiger partial charge in [0, 0.05) is 66.6 Å². The number of hydrogen-bond acceptors (Lipinski definition) is 4. The smallest absolute Gasteiger partial charge is 0.206 e. The van der Waals surface area contributed by atoms with Crippen LogP contribution in [0.1, 0.15) is 60.3 Å². The maximum absolute atomic E-state index is 11.5. The lowest BCUT2D eigenvalue weighted by Gasteiger charge is -2.28. The molecule has 0 bridgehead atoms. The van der Waals surface area contributed by atoms with Crippen molar-refractivity contribution in [2.45, 2.75) is 43.5 Å². The minimum absolute atomic E-state index is 0.0372. The first-order chi connectivity index (χ1) is 37.2. The van der Waals surface area contributed by atoms with Gasteiger partial charge < -0.3 is 14.5 Å². The molecule has 4 nitrogen and oxygen atoms in total. The van der Waals surface area contributed by atoms with Crippen molar-refractivity contribution in [2.24, 2.45) is 0 Å². The normalized spacial score (nSPS) is 12.9. The van der Waals surface area contributed by atoms with Gasteiger partial charge in [-0.05, 0) is 170 Å². The van der Waals surface area contributed by atoms with Crippen LogP contribution >= 0.6 is 55.1 Å². The zero-order valence-corrected chi connectivity index (χ0v) is 48.1. The van der Waals surface area contributed by atoms with Gasteiger partial charge >= 0.3 is 0 Å². The number of carbonyl (C=O) groups is 1. The van der Waals surface area contributed by atoms with Crippen molar-refractivity contribution >= 4 is 95.5 Å². The van der Waals surface area contributed by atoms with E-state index in [1.807, 2.05) is 18.2 Å². The number of carbonyl (C=O) groups excluding carboxylic acids is 1. The summed E-state index contributed by atoms with van der Waals surface area (Å²) in [5.74, 6) is 0. The highest BCUT2D eigenvalue weighted by molar-refractivity contribution is 9.10. The third-order valence-electron chi connectivity index (χ3n) is 14.7. The molecule has 2 aliphatic carbocycles. The molecule has 77 heavy (non-hydrogen) atoms. The zero-order valence-electron chi connectivity index (χ0n) is 43.4. The Labute approximate surface area is 479 Å². The molecule has 382 valence electrons. The van der Waals surface area contributed by atoms with Crippen LogP contribution in [-0.4, -0.2) is 18.4 Å². The van der Waals surface area contributed by atoms with E-state index in [1.165, 1.54) is 79.6 Å². The lowest BCUT2D eigenvalue weighted by atomic mass is 9.82. The van der Waals surface area contributed by atoms with Gasteiger partial charge in [0.1, 0.15) is 6.29 Å². The lowest BCUT2D eigenvalue weighted by Crippen LogP contribution is -2.16. The van der Waals surface area contributed by atoms with Crippen LogP contribution in [0.2, 0.25) is 0 Å². The zero-order chi connectivity index (χ0) is 53.8. The van der Waals surface area contributed by atoms with Crippen LogP contribution < -0.4 is 9.80 Å². The Kier molecular flexibility index (Phi) is 15.9. The number of aldehydes is 1. The van der Waals surface area contributed by atoms with E-state index in [4.69, 9.17) is 23.2 Å². The van der Waals surface area contributed by atoms with Gasteiger partial charge in [-0.15, -0.1) is 0 Å². The Bertz CT molecular complexity index is 3680. The molecular weight excluding hydrogens is 1120 g/mol. The number of rotatable bonds is 10. The number of fused-ring (bicyclic) bond motifs is 6. The fourth-order valence-corrected chi connectivity index (χ4v) is 11.3. The van der Waals surface area contributed by atoms with Gasteiger partial charge in [0.15, 0.2) is 0 Å². The van der Waals surface area contributed by atoms with Crippen LogP contribution in [0.4, 0.5) is 34.1 Å². The predicted molar refractivity (Wildman–Crippen MR) is 332 cm³/mol. The number of anilines is 6. The van der Waals surface area contributed by atoms with Gasteiger partial charge in [-0.1, -0.05) is 216 Å². The molecule has 0 heterocycles. The minimum Gasteiger partial charge on any atom is -0.352 e. The second-order valence-corrected chi connectivity index (χ2v) is 23.0. The summed E-state index contributed by atoms with van der Waals surface area (Å²) in [6.45, 7) is 9.16. The van der Waals surface area contributed by atoms with E-state index in [2.05, 4.69) is 292 Å². The Morgan fingerprint density at radius 2 is 0.701 bits per heavy atom. The van der Waals surface area contributed by atoms with Crippen LogP contribution in [0.15, 0.2) is 246 Å². The summed E-state index contributed by atoms with van der Waals surface area (Å²) in [7, 11) is 1.44. The molecule has 0 aromatic heterocycles. The molecule has 0 saturated heterocycles. The maximum Gasteiger partial charge on any atom is 0.206 e. The molecule has 0 aliphatic heterocycles. The molecular formula is C69H56Br2Cl2N2O2. The van der Waals surface area contributed by atoms with Gasteiger partial charge in [-0.2, -0.15) is 0 Å². The van der Waals surface area contributed by atoms with Gasteiger partial charge in [0.25, 0.3) is 0 Å². The van der Waals surface area contributed by atoms with E-state index >= 15 is 0 Å². The van der Waals surface area contributed by atoms with Crippen molar-refractivity contribution in [3.05, 3.63) is 273 Å². The average molecular weight is 1180 g/mol. The van der Waals surface area contributed by atoms with Crippen molar-refractivity contribution in [3.63, 3.8) is 0 Å². The van der Waals surface area contributed by atoms with E-state index in [0.29, 0.717) is 0 Å². The van der Waals surface area contributed by atoms with E-state index in [0.717, 1.165) is 49.2 Å². The van der Waals surface area contributed by atoms with Crippen LogP contribution in [0.3, 0.4) is 0 Å². The van der Waals surface area contributed by atoms with Gasteiger partial charge in [0.05, 0.1) is 0 Å². The van der Waals surface area contributed by atoms with E-state index in [-0.39, 0.29) is 10.8 Å². The number of nitrogens with zero attached hydrogens (tertiary/aromatic N) is 2. The van der Waals surface area contributed by atoms with Gasteiger partial charge in [0.2, 0.25) is 5.02 Å². The summed E-state index contributed by atoms with van der Waals surface area (Å²) < 4.78 is 6.40. The standard InChI is InChI=1S/C34H26BrNO.C33H26BrN.C2H4Cl2O/c1-34(2)32-20-23(22-37)8-18-30(32)31-19-17-29(21-33(31)34)36(28-15-11-26(35)12-16-28)27-13-9-25(10-14-27)24-6-4-3-5-7-24;1-33(2)31-11-7-6-10-29(31)30-21-20-28(22-32(30)33)35(27-18-14-25(34)15-19-27)26-16-12-24(13-17-26)23-8-4-3-5-9-23;1-5-2(3)4/h3-22H,1-2H3;3-22H,1-2H3;2H,1H3. The molecule has 8 heteroatoms. The highest BCUT2D eigenvalue weighted by Crippen LogP contribution is 2.52. The summed E-state index contributed by atoms with van der Waals surface area (Å²) in [6.07, 6.45) is 0.930. The highest BCUT2D eigenvalue weighted by atomic mass is 79.9. The van der Waals surface area contributed by atoms with E-state index < -0.39 is 5.02 Å². The molecule has 0 saturated carbocycles. The highest BCUT2D eigenvalue weighted by Gasteiger charge is 2.37. The summed E-state index contributed by atoms with van der Waals surface area (Å²) in [4.78, 5) is 16.1. The van der Waals surface area contributed by atoms with Crippen molar-refractivity contribution in [3.8, 4) is 44.5 Å². The first-order valence-electron chi connectivity index (χ1n) is 25.5. The van der Waals surface area contributed by atoms with Crippen LogP contribution in [0, 0.1) is 0 Å². The molecule has 0 N–H and O–H groups in total. The first kappa shape index (κ1) is 53.4. The Hall–Kier alpha value is -7.03. The van der Waals surface area contributed by atoms with Crippen molar-refractivity contribution < 1.29 is 9.53 Å². The minimum atomic E-state index is -0.671. The second-order valence-electron chi connectivity index (χ2n) is 20.1. The predicted octanol–water partition coefficient (Wildman–Crippen LogP) is 21.0. The van der Waals surface area contributed by atoms with Crippen LogP contribution in [0.5, 0.6) is 0 Å². The molecule has 10 aromatic rings. The molecule has 0 fully saturated rings. The maximum atomic E-state index is 11.5. The number of benzene rings is 10. The van der Waals surface area contributed by atoms with Crippen molar-refractivity contribution in [2.75, 3.05) is 16.9 Å². The molecule has 10 aromatic carbocycles. The summed E-state index contributed by atoms with van der Waals surface area (Å²) in [6, 6.07) is 84.1. The number of alkyl halides is 2. The fraction of sp³-hybridized carbons (Fsp3) is 0.116. The molecule has 0 amide bonds. The Balaban J connectivity index is 0.000000161. The molecule has 0 radical (unpaired) electrons. The Morgan fingerprint density at radius 1 is 0.390 bits per heavy atom. The van der Waals surface area contributed by atoms with Crippen LogP contribution in [0.25, 0.3) is 44.5 Å². The Morgan fingerprint density at radius 3 is 1.10 bits per heavy atom.